The quantitative estimate of drug-likeness (QED) is 0.845. The van der Waals surface area contributed by atoms with E-state index in [1.807, 2.05) is 0 Å². The maximum atomic E-state index is 12.6. The molecule has 0 unspecified atom stereocenters. The standard InChI is InChI=1S/C14H21N3O2S/c1-15-20(18,19)10-11-4-5-14-13(8-11)12(9-16-14)6-7-17(2)3/h4-5,8-9,15-16H,6-7,10H2,1-3H3/i1D3,2D3,3D3,4D,5D,6D2,7D2,8D,10D2. The van der Waals surface area contributed by atoms with Crippen LogP contribution < -0.4 is 4.72 Å². The van der Waals surface area contributed by atoms with Gasteiger partial charge in [0.15, 0.2) is 0 Å². The van der Waals surface area contributed by atoms with Gasteiger partial charge in [-0.15, -0.1) is 0 Å². The van der Waals surface area contributed by atoms with Crippen molar-refractivity contribution < 1.29 is 33.1 Å². The SMILES string of the molecule is [2H]c1c(C([2H])([2H])S(=O)(=O)NC([2H])([2H])[2H])c([2H])c2c(C([2H])([2H])C([2H])([2H])N(C([2H])([2H])[2H])C([2H])([2H])[2H])c[nH]c2c1[2H]. The summed E-state index contributed by atoms with van der Waals surface area (Å²) in [6.07, 6.45) is -3.00. The van der Waals surface area contributed by atoms with Gasteiger partial charge in [0.05, 0.1) is 9.82 Å². The highest BCUT2D eigenvalue weighted by Gasteiger charge is 2.11. The summed E-state index contributed by atoms with van der Waals surface area (Å²) in [5.74, 6) is 0. The van der Waals surface area contributed by atoms with Crippen LogP contribution in [0.5, 0.6) is 0 Å². The van der Waals surface area contributed by atoms with Crippen molar-refractivity contribution in [2.24, 2.45) is 0 Å². The summed E-state index contributed by atoms with van der Waals surface area (Å²) in [6, 6.07) is -3.47. The molecule has 0 saturated heterocycles. The molecule has 20 heavy (non-hydrogen) atoms. The topological polar surface area (TPSA) is 65.2 Å². The second-order valence-corrected chi connectivity index (χ2v) is 4.90. The zero-order valence-electron chi connectivity index (χ0n) is 27.7. The summed E-state index contributed by atoms with van der Waals surface area (Å²) in [7, 11) is -5.55. The molecule has 1 aromatic heterocycles. The second kappa shape index (κ2) is 5.95. The lowest BCUT2D eigenvalue weighted by Gasteiger charge is -2.08. The van der Waals surface area contributed by atoms with Crippen molar-refractivity contribution in [2.45, 2.75) is 12.1 Å². The highest BCUT2D eigenvalue weighted by Crippen LogP contribution is 2.21. The van der Waals surface area contributed by atoms with E-state index < -0.39 is 94.6 Å². The smallest absolute Gasteiger partial charge is 0.215 e. The van der Waals surface area contributed by atoms with Crippen LogP contribution in [-0.4, -0.2) is 45.7 Å². The Hall–Kier alpha value is -1.37. The molecule has 0 spiro atoms. The number of hydrogen-bond acceptors (Lipinski definition) is 3. The van der Waals surface area contributed by atoms with Crippen LogP contribution in [0.3, 0.4) is 0 Å². The summed E-state index contributed by atoms with van der Waals surface area (Å²) in [5.41, 5.74) is -6.84. The molecule has 2 aromatic rings. The van der Waals surface area contributed by atoms with Crippen LogP contribution in [0.25, 0.3) is 10.9 Å². The number of aromatic amines is 1. The van der Waals surface area contributed by atoms with E-state index in [0.29, 0.717) is 6.20 Å². The number of aryl methyl sites for hydroxylation is 1. The Morgan fingerprint density at radius 2 is 2.35 bits per heavy atom. The molecule has 0 aliphatic rings. The van der Waals surface area contributed by atoms with E-state index in [9.17, 15) is 8.42 Å². The van der Waals surface area contributed by atoms with Crippen molar-refractivity contribution in [1.29, 1.82) is 0 Å². The Balaban J connectivity index is 2.98. The predicted molar refractivity (Wildman–Crippen MR) is 82.2 cm³/mol. The summed E-state index contributed by atoms with van der Waals surface area (Å²) in [5, 5.41) is -0.862. The maximum absolute atomic E-state index is 12.6. The Bertz CT molecular complexity index is 1320. The summed E-state index contributed by atoms with van der Waals surface area (Å²) in [4.78, 5) is 1.58. The van der Waals surface area contributed by atoms with E-state index in [1.165, 1.54) is 0 Å². The Morgan fingerprint density at radius 3 is 3.10 bits per heavy atom. The summed E-state index contributed by atoms with van der Waals surface area (Å²) in [6.45, 7) is -14.8. The molecule has 0 bridgehead atoms. The van der Waals surface area contributed by atoms with E-state index in [4.69, 9.17) is 24.7 Å². The Labute approximate surface area is 145 Å². The number of rotatable bonds is 6. The fourth-order valence-corrected chi connectivity index (χ4v) is 1.78. The van der Waals surface area contributed by atoms with Crippen LogP contribution in [0, 0.1) is 0 Å². The van der Waals surface area contributed by atoms with Crippen LogP contribution in [0.4, 0.5) is 0 Å². The van der Waals surface area contributed by atoms with E-state index in [0.717, 1.165) is 4.72 Å². The average molecular weight is 314 g/mol. The highest BCUT2D eigenvalue weighted by molar-refractivity contribution is 7.88. The Kier molecular flexibility index (Phi) is 1.22. The number of hydrogen-bond donors (Lipinski definition) is 2. The number of sulfonamides is 1. The molecule has 5 nitrogen and oxygen atoms in total. The van der Waals surface area contributed by atoms with Crippen molar-refractivity contribution in [3.8, 4) is 0 Å². The number of benzene rings is 1. The highest BCUT2D eigenvalue weighted by atomic mass is 32.2. The molecule has 0 amide bonds. The van der Waals surface area contributed by atoms with Gasteiger partial charge in [0, 0.05) is 44.2 Å². The number of nitrogens with zero attached hydrogens (tertiary/aromatic N) is 1. The number of H-pyrrole nitrogens is 1. The van der Waals surface area contributed by atoms with Crippen LogP contribution in [0.2, 0.25) is 0 Å². The molecule has 0 aliphatic heterocycles. The van der Waals surface area contributed by atoms with E-state index in [1.54, 1.807) is 0 Å². The average Bonchev–Trinajstić information content (AvgIpc) is 3.07. The van der Waals surface area contributed by atoms with Crippen LogP contribution >= 0.6 is 0 Å². The molecule has 2 rings (SSSR count). The van der Waals surface area contributed by atoms with Crippen molar-refractivity contribution in [1.82, 2.24) is 14.6 Å². The zero-order chi connectivity index (χ0) is 30.2. The van der Waals surface area contributed by atoms with Crippen molar-refractivity contribution >= 4 is 20.9 Å². The largest absolute Gasteiger partial charge is 0.361 e. The third-order valence-electron chi connectivity index (χ3n) is 2.12. The monoisotopic (exact) mass is 313 g/mol. The van der Waals surface area contributed by atoms with Crippen LogP contribution in [0.1, 0.15) is 35.8 Å². The minimum absolute atomic E-state index is 0.579. The van der Waals surface area contributed by atoms with Gasteiger partial charge >= 0.3 is 0 Å². The predicted octanol–water partition coefficient (Wildman–Crippen LogP) is 1.32. The van der Waals surface area contributed by atoms with Crippen molar-refractivity contribution in [3.05, 3.63) is 35.5 Å². The van der Waals surface area contributed by atoms with Gasteiger partial charge < -0.3 is 9.88 Å². The normalized spacial score (nSPS) is 29.6. The van der Waals surface area contributed by atoms with E-state index in [-0.39, 0.29) is 0 Å². The van der Waals surface area contributed by atoms with Crippen molar-refractivity contribution in [2.75, 3.05) is 27.4 Å². The first-order valence-corrected chi connectivity index (χ1v) is 6.47. The first kappa shape index (κ1) is 4.09. The molecule has 2 N–H and O–H groups in total. The van der Waals surface area contributed by atoms with Crippen LogP contribution in [-0.2, 0) is 22.1 Å². The summed E-state index contributed by atoms with van der Waals surface area (Å²) < 4.78 is 166. The Morgan fingerprint density at radius 1 is 1.50 bits per heavy atom. The molecule has 1 heterocycles. The molecule has 0 radical (unpaired) electrons. The van der Waals surface area contributed by atoms with E-state index >= 15 is 0 Å². The van der Waals surface area contributed by atoms with Gasteiger partial charge in [-0.25, -0.2) is 13.1 Å². The van der Waals surface area contributed by atoms with Gasteiger partial charge in [0.1, 0.15) is 0 Å². The lowest BCUT2D eigenvalue weighted by Crippen LogP contribution is -2.20. The summed E-state index contributed by atoms with van der Waals surface area (Å²) >= 11 is 0. The third kappa shape index (κ3) is 3.59. The molecule has 110 valence electrons. The lowest BCUT2D eigenvalue weighted by molar-refractivity contribution is 0.414. The molecule has 0 aliphatic carbocycles. The van der Waals surface area contributed by atoms with E-state index in [2.05, 4.69) is 4.98 Å². The van der Waals surface area contributed by atoms with Gasteiger partial charge in [-0.3, -0.25) is 0 Å². The molecule has 6 heteroatoms. The molecule has 0 fully saturated rings. The van der Waals surface area contributed by atoms with Gasteiger partial charge in [-0.05, 0) is 50.5 Å². The maximum Gasteiger partial charge on any atom is 0.215 e. The van der Waals surface area contributed by atoms with Gasteiger partial charge in [-0.1, -0.05) is 6.04 Å². The minimum atomic E-state index is -5.55. The molecular formula is C14H21N3O2S. The third-order valence-corrected chi connectivity index (χ3v) is 2.86. The van der Waals surface area contributed by atoms with Crippen molar-refractivity contribution in [3.63, 3.8) is 0 Å². The first-order valence-electron chi connectivity index (χ1n) is 14.0. The number of aromatic nitrogens is 1. The zero-order valence-corrected chi connectivity index (χ0v) is 10.6. The van der Waals surface area contributed by atoms with Gasteiger partial charge in [0.25, 0.3) is 0 Å². The minimum Gasteiger partial charge on any atom is -0.361 e. The number of likely N-dealkylation sites (N-methyl/N-ethyl adjacent to an activating group) is 1. The number of fused-ring (bicyclic) bond motifs is 1. The van der Waals surface area contributed by atoms with Gasteiger partial charge in [-0.2, -0.15) is 0 Å². The number of nitrogens with one attached hydrogen (secondary N) is 2. The fourth-order valence-electron chi connectivity index (χ4n) is 1.36. The first-order chi connectivity index (χ1) is 16.5. The van der Waals surface area contributed by atoms with Crippen LogP contribution in [0.15, 0.2) is 24.3 Å². The molecule has 0 atom stereocenters. The molecule has 0 saturated carbocycles. The van der Waals surface area contributed by atoms with Gasteiger partial charge in [0.2, 0.25) is 10.0 Å². The fraction of sp³-hybridized carbons (Fsp3) is 0.429. The molecular weight excluding hydrogens is 274 g/mol. The lowest BCUT2D eigenvalue weighted by atomic mass is 10.1. The second-order valence-electron chi connectivity index (χ2n) is 3.48. The molecule has 1 aromatic carbocycles.